The largest absolute Gasteiger partial charge is 0.367 e. The molecule has 3 aromatic heterocycles. The summed E-state index contributed by atoms with van der Waals surface area (Å²) in [6.45, 7) is 0. The smallest absolute Gasteiger partial charge is 0.229 e. The van der Waals surface area contributed by atoms with Crippen molar-refractivity contribution < 1.29 is 0 Å². The van der Waals surface area contributed by atoms with E-state index < -0.39 is 0 Å². The van der Waals surface area contributed by atoms with Gasteiger partial charge in [0.1, 0.15) is 11.5 Å². The van der Waals surface area contributed by atoms with Gasteiger partial charge in [-0.15, -0.1) is 0 Å². The maximum absolute atomic E-state index is 4.45. The summed E-state index contributed by atoms with van der Waals surface area (Å²) >= 11 is 0. The number of anilines is 3. The first-order valence-electron chi connectivity index (χ1n) is 6.66. The molecule has 1 aliphatic carbocycles. The molecule has 6 heteroatoms. The Bertz CT molecular complexity index is 746. The molecule has 4 rings (SSSR count). The highest BCUT2D eigenvalue weighted by Crippen LogP contribution is 2.24. The van der Waals surface area contributed by atoms with Crippen molar-refractivity contribution in [2.45, 2.75) is 18.9 Å². The van der Waals surface area contributed by atoms with E-state index in [1.165, 1.54) is 12.8 Å². The second-order valence-electron chi connectivity index (χ2n) is 4.95. The molecule has 0 saturated heterocycles. The number of aromatic amines is 1. The minimum Gasteiger partial charge on any atom is -0.367 e. The van der Waals surface area contributed by atoms with Crippen LogP contribution in [0.4, 0.5) is 17.5 Å². The summed E-state index contributed by atoms with van der Waals surface area (Å²) in [6.07, 6.45) is 7.84. The summed E-state index contributed by atoms with van der Waals surface area (Å²) in [6, 6.07) is 6.47. The lowest BCUT2D eigenvalue weighted by atomic mass is 10.3. The average molecular weight is 266 g/mol. The molecule has 100 valence electrons. The number of rotatable bonds is 4. The molecule has 6 nitrogen and oxygen atoms in total. The molecular formula is C14H14N6. The number of nitrogens with zero attached hydrogens (tertiary/aromatic N) is 3. The van der Waals surface area contributed by atoms with Gasteiger partial charge in [-0.05, 0) is 31.0 Å². The van der Waals surface area contributed by atoms with E-state index in [1.54, 1.807) is 12.4 Å². The Morgan fingerprint density at radius 1 is 1.20 bits per heavy atom. The lowest BCUT2D eigenvalue weighted by Gasteiger charge is -2.07. The van der Waals surface area contributed by atoms with Crippen molar-refractivity contribution in [2.75, 3.05) is 10.6 Å². The Labute approximate surface area is 115 Å². The van der Waals surface area contributed by atoms with Gasteiger partial charge in [0.2, 0.25) is 5.95 Å². The highest BCUT2D eigenvalue weighted by Gasteiger charge is 2.21. The topological polar surface area (TPSA) is 78.5 Å². The summed E-state index contributed by atoms with van der Waals surface area (Å²) < 4.78 is 0. The molecule has 1 fully saturated rings. The number of nitrogens with one attached hydrogen (secondary N) is 3. The van der Waals surface area contributed by atoms with Gasteiger partial charge in [-0.2, -0.15) is 4.98 Å². The first kappa shape index (κ1) is 11.2. The zero-order valence-electron chi connectivity index (χ0n) is 10.8. The predicted octanol–water partition coefficient (Wildman–Crippen LogP) is 2.67. The van der Waals surface area contributed by atoms with Crippen LogP contribution >= 0.6 is 0 Å². The third kappa shape index (κ3) is 2.27. The third-order valence-corrected chi connectivity index (χ3v) is 3.24. The van der Waals surface area contributed by atoms with Crippen LogP contribution in [0.15, 0.2) is 36.8 Å². The Morgan fingerprint density at radius 2 is 2.15 bits per heavy atom. The zero-order valence-corrected chi connectivity index (χ0v) is 10.8. The summed E-state index contributed by atoms with van der Waals surface area (Å²) in [5.41, 5.74) is 1.75. The molecule has 0 bridgehead atoms. The fourth-order valence-electron chi connectivity index (χ4n) is 2.07. The SMILES string of the molecule is c1cc(NC2CC2)nc(Nc2cnc3[nH]ccc3c2)n1. The highest BCUT2D eigenvalue weighted by molar-refractivity contribution is 5.79. The maximum atomic E-state index is 4.45. The van der Waals surface area contributed by atoms with Crippen LogP contribution in [0.5, 0.6) is 0 Å². The number of pyridine rings is 1. The van der Waals surface area contributed by atoms with Gasteiger partial charge in [-0.1, -0.05) is 0 Å². The van der Waals surface area contributed by atoms with E-state index in [1.807, 2.05) is 24.4 Å². The monoisotopic (exact) mass is 266 g/mol. The number of H-pyrrole nitrogens is 1. The number of hydrogen-bond acceptors (Lipinski definition) is 5. The van der Waals surface area contributed by atoms with E-state index in [4.69, 9.17) is 0 Å². The Morgan fingerprint density at radius 3 is 3.05 bits per heavy atom. The van der Waals surface area contributed by atoms with E-state index >= 15 is 0 Å². The van der Waals surface area contributed by atoms with Crippen molar-refractivity contribution in [3.05, 3.63) is 36.8 Å². The van der Waals surface area contributed by atoms with Crippen molar-refractivity contribution in [3.63, 3.8) is 0 Å². The van der Waals surface area contributed by atoms with Gasteiger partial charge in [0.15, 0.2) is 0 Å². The van der Waals surface area contributed by atoms with Gasteiger partial charge < -0.3 is 15.6 Å². The molecule has 3 N–H and O–H groups in total. The van der Waals surface area contributed by atoms with Crippen LogP contribution in [-0.2, 0) is 0 Å². The van der Waals surface area contributed by atoms with E-state index in [-0.39, 0.29) is 0 Å². The minimum atomic E-state index is 0.576. The molecule has 3 aromatic rings. The normalized spacial score (nSPS) is 14.4. The summed E-state index contributed by atoms with van der Waals surface area (Å²) in [5, 5.41) is 7.59. The average Bonchev–Trinajstić information content (AvgIpc) is 3.14. The van der Waals surface area contributed by atoms with Crippen LogP contribution in [-0.4, -0.2) is 26.0 Å². The van der Waals surface area contributed by atoms with Crippen LogP contribution in [0, 0.1) is 0 Å². The van der Waals surface area contributed by atoms with Gasteiger partial charge >= 0.3 is 0 Å². The summed E-state index contributed by atoms with van der Waals surface area (Å²) in [5.74, 6) is 1.44. The number of hydrogen-bond donors (Lipinski definition) is 3. The fraction of sp³-hybridized carbons (Fsp3) is 0.214. The van der Waals surface area contributed by atoms with Crippen LogP contribution in [0.3, 0.4) is 0 Å². The first-order valence-corrected chi connectivity index (χ1v) is 6.66. The number of fused-ring (bicyclic) bond motifs is 1. The Balaban J connectivity index is 1.57. The van der Waals surface area contributed by atoms with E-state index in [9.17, 15) is 0 Å². The van der Waals surface area contributed by atoms with Crippen LogP contribution in [0.2, 0.25) is 0 Å². The predicted molar refractivity (Wildman–Crippen MR) is 78.1 cm³/mol. The van der Waals surface area contributed by atoms with E-state index in [0.717, 1.165) is 22.5 Å². The van der Waals surface area contributed by atoms with Crippen LogP contribution in [0.1, 0.15) is 12.8 Å². The van der Waals surface area contributed by atoms with Crippen LogP contribution < -0.4 is 10.6 Å². The second-order valence-corrected chi connectivity index (χ2v) is 4.95. The molecule has 0 aliphatic heterocycles. The molecule has 0 aromatic carbocycles. The summed E-state index contributed by atoms with van der Waals surface area (Å²) in [7, 11) is 0. The molecule has 0 spiro atoms. The molecule has 0 unspecified atom stereocenters. The van der Waals surface area contributed by atoms with Gasteiger partial charge in [0.05, 0.1) is 11.9 Å². The van der Waals surface area contributed by atoms with Crippen molar-refractivity contribution in [2.24, 2.45) is 0 Å². The van der Waals surface area contributed by atoms with Gasteiger partial charge in [-0.25, -0.2) is 9.97 Å². The molecule has 0 radical (unpaired) electrons. The quantitative estimate of drug-likeness (QED) is 0.676. The van der Waals surface area contributed by atoms with E-state index in [0.29, 0.717) is 12.0 Å². The standard InChI is InChI=1S/C14H14N6/c1-2-10(1)18-12-4-6-16-14(20-12)19-11-7-9-3-5-15-13(9)17-8-11/h3-8,10H,1-2H2,(H,15,17)(H2,16,18,19,20). The molecule has 3 heterocycles. The highest BCUT2D eigenvalue weighted by atomic mass is 15.2. The molecule has 0 atom stereocenters. The van der Waals surface area contributed by atoms with Crippen molar-refractivity contribution in [1.29, 1.82) is 0 Å². The minimum absolute atomic E-state index is 0.576. The zero-order chi connectivity index (χ0) is 13.4. The van der Waals surface area contributed by atoms with Crippen molar-refractivity contribution in [1.82, 2.24) is 19.9 Å². The molecular weight excluding hydrogens is 252 g/mol. The van der Waals surface area contributed by atoms with Gasteiger partial charge in [-0.3, -0.25) is 0 Å². The van der Waals surface area contributed by atoms with Gasteiger partial charge in [0, 0.05) is 23.8 Å². The fourth-order valence-corrected chi connectivity index (χ4v) is 2.07. The number of aromatic nitrogens is 4. The lowest BCUT2D eigenvalue weighted by molar-refractivity contribution is 1.08. The van der Waals surface area contributed by atoms with Crippen LogP contribution in [0.25, 0.3) is 11.0 Å². The molecule has 20 heavy (non-hydrogen) atoms. The molecule has 1 saturated carbocycles. The maximum Gasteiger partial charge on any atom is 0.229 e. The third-order valence-electron chi connectivity index (χ3n) is 3.24. The molecule has 0 amide bonds. The Hall–Kier alpha value is -2.63. The molecule has 1 aliphatic rings. The van der Waals surface area contributed by atoms with Crippen molar-refractivity contribution in [3.8, 4) is 0 Å². The summed E-state index contributed by atoms with van der Waals surface area (Å²) in [4.78, 5) is 16.1. The van der Waals surface area contributed by atoms with Crippen molar-refractivity contribution >= 4 is 28.5 Å². The second kappa shape index (κ2) is 4.48. The first-order chi connectivity index (χ1) is 9.87. The van der Waals surface area contributed by atoms with E-state index in [2.05, 4.69) is 30.6 Å². The van der Waals surface area contributed by atoms with Gasteiger partial charge in [0.25, 0.3) is 0 Å². The Kier molecular flexibility index (Phi) is 2.51. The lowest BCUT2D eigenvalue weighted by Crippen LogP contribution is -2.05.